The van der Waals surface area contributed by atoms with Crippen LogP contribution < -0.4 is 5.73 Å². The van der Waals surface area contributed by atoms with Crippen molar-refractivity contribution in [2.24, 2.45) is 0 Å². The second-order valence-corrected chi connectivity index (χ2v) is 5.51. The molecule has 0 unspecified atom stereocenters. The van der Waals surface area contributed by atoms with Crippen molar-refractivity contribution in [1.29, 1.82) is 0 Å². The minimum absolute atomic E-state index is 0.469. The van der Waals surface area contributed by atoms with Gasteiger partial charge in [0, 0.05) is 12.1 Å². The number of aromatic nitrogens is 2. The van der Waals surface area contributed by atoms with Gasteiger partial charge in [0.25, 0.3) is 0 Å². The summed E-state index contributed by atoms with van der Waals surface area (Å²) in [7, 11) is 0. The zero-order valence-corrected chi connectivity index (χ0v) is 13.0. The van der Waals surface area contributed by atoms with E-state index < -0.39 is 0 Å². The topological polar surface area (TPSA) is 60.9 Å². The number of aryl methyl sites for hydroxylation is 3. The second-order valence-electron chi connectivity index (χ2n) is 5.51. The number of rotatable bonds is 6. The van der Waals surface area contributed by atoms with Gasteiger partial charge in [-0.2, -0.15) is 5.10 Å². The molecule has 0 atom stereocenters. The number of unbranched alkanes of at least 4 members (excludes halogenated alkanes) is 2. The van der Waals surface area contributed by atoms with Crippen molar-refractivity contribution in [3.05, 3.63) is 34.9 Å². The molecule has 0 amide bonds. The van der Waals surface area contributed by atoms with Crippen LogP contribution in [0, 0.1) is 13.8 Å². The molecule has 0 saturated heterocycles. The Hall–Kier alpha value is -2.10. The number of nitrogens with two attached hydrogens (primary N) is 1. The monoisotopic (exact) mass is 285 g/mol. The van der Waals surface area contributed by atoms with Crippen LogP contribution in [0.15, 0.2) is 18.2 Å². The van der Waals surface area contributed by atoms with E-state index in [4.69, 9.17) is 5.73 Å². The van der Waals surface area contributed by atoms with E-state index in [-0.39, 0.29) is 0 Å². The highest BCUT2D eigenvalue weighted by molar-refractivity contribution is 5.92. The van der Waals surface area contributed by atoms with Crippen molar-refractivity contribution in [1.82, 2.24) is 9.78 Å². The van der Waals surface area contributed by atoms with Gasteiger partial charge in [0.1, 0.15) is 11.5 Å². The Bertz CT molecular complexity index is 644. The summed E-state index contributed by atoms with van der Waals surface area (Å²) in [5.41, 5.74) is 10.5. The van der Waals surface area contributed by atoms with Gasteiger partial charge in [0.2, 0.25) is 0 Å². The van der Waals surface area contributed by atoms with Crippen LogP contribution in [0.4, 0.5) is 5.82 Å². The lowest BCUT2D eigenvalue weighted by Gasteiger charge is -2.05. The molecule has 0 aliphatic rings. The zero-order valence-electron chi connectivity index (χ0n) is 13.0. The van der Waals surface area contributed by atoms with Gasteiger partial charge >= 0.3 is 0 Å². The van der Waals surface area contributed by atoms with Crippen molar-refractivity contribution in [3.63, 3.8) is 0 Å². The highest BCUT2D eigenvalue weighted by Gasteiger charge is 2.17. The molecule has 0 aliphatic carbocycles. The molecule has 21 heavy (non-hydrogen) atoms. The van der Waals surface area contributed by atoms with E-state index in [9.17, 15) is 4.79 Å². The van der Waals surface area contributed by atoms with Gasteiger partial charge < -0.3 is 5.73 Å². The van der Waals surface area contributed by atoms with E-state index in [1.165, 1.54) is 0 Å². The van der Waals surface area contributed by atoms with Crippen LogP contribution in [0.25, 0.3) is 11.3 Å². The van der Waals surface area contributed by atoms with Crippen molar-refractivity contribution in [2.45, 2.75) is 46.6 Å². The highest BCUT2D eigenvalue weighted by Crippen LogP contribution is 2.29. The third-order valence-electron chi connectivity index (χ3n) is 3.77. The fourth-order valence-corrected chi connectivity index (χ4v) is 2.48. The Kier molecular flexibility index (Phi) is 4.78. The summed E-state index contributed by atoms with van der Waals surface area (Å²) < 4.78 is 1.76. The maximum atomic E-state index is 11.4. The molecular formula is C17H23N3O. The van der Waals surface area contributed by atoms with Gasteiger partial charge in [-0.05, 0) is 31.9 Å². The number of benzene rings is 1. The number of anilines is 1. The second kappa shape index (κ2) is 6.57. The quantitative estimate of drug-likeness (QED) is 0.649. The van der Waals surface area contributed by atoms with Crippen molar-refractivity contribution >= 4 is 12.1 Å². The maximum absolute atomic E-state index is 11.4. The molecule has 2 rings (SSSR count). The average Bonchev–Trinajstić information content (AvgIpc) is 2.78. The van der Waals surface area contributed by atoms with Crippen LogP contribution >= 0.6 is 0 Å². The number of carbonyl (C=O) groups excluding carboxylic acids is 1. The van der Waals surface area contributed by atoms with E-state index in [0.29, 0.717) is 17.1 Å². The summed E-state index contributed by atoms with van der Waals surface area (Å²) in [6.45, 7) is 6.97. The van der Waals surface area contributed by atoms with Gasteiger partial charge in [0.15, 0.2) is 6.29 Å². The lowest BCUT2D eigenvalue weighted by Crippen LogP contribution is -2.05. The predicted molar refractivity (Wildman–Crippen MR) is 86.5 cm³/mol. The Labute approximate surface area is 126 Å². The summed E-state index contributed by atoms with van der Waals surface area (Å²) in [6.07, 6.45) is 4.11. The summed E-state index contributed by atoms with van der Waals surface area (Å²) >= 11 is 0. The largest absolute Gasteiger partial charge is 0.383 e. The molecule has 4 nitrogen and oxygen atoms in total. The van der Waals surface area contributed by atoms with Crippen LogP contribution in [-0.4, -0.2) is 16.1 Å². The van der Waals surface area contributed by atoms with Crippen molar-refractivity contribution in [3.8, 4) is 11.3 Å². The van der Waals surface area contributed by atoms with E-state index >= 15 is 0 Å². The first kappa shape index (κ1) is 15.3. The molecule has 0 bridgehead atoms. The fraction of sp³-hybridized carbons (Fsp3) is 0.412. The molecule has 1 heterocycles. The average molecular weight is 285 g/mol. The lowest BCUT2D eigenvalue weighted by atomic mass is 10.0. The van der Waals surface area contributed by atoms with E-state index in [0.717, 1.165) is 48.8 Å². The number of carbonyl (C=O) groups is 1. The minimum Gasteiger partial charge on any atom is -0.383 e. The minimum atomic E-state index is 0.469. The molecule has 0 spiro atoms. The van der Waals surface area contributed by atoms with E-state index in [1.54, 1.807) is 4.68 Å². The van der Waals surface area contributed by atoms with Crippen LogP contribution in [0.5, 0.6) is 0 Å². The van der Waals surface area contributed by atoms with E-state index in [1.807, 2.05) is 19.9 Å². The molecule has 0 radical (unpaired) electrons. The van der Waals surface area contributed by atoms with Gasteiger partial charge in [-0.3, -0.25) is 4.79 Å². The zero-order chi connectivity index (χ0) is 15.4. The first-order valence-electron chi connectivity index (χ1n) is 7.47. The van der Waals surface area contributed by atoms with Gasteiger partial charge in [0.05, 0.1) is 5.56 Å². The first-order valence-corrected chi connectivity index (χ1v) is 7.47. The van der Waals surface area contributed by atoms with Crippen LogP contribution in [0.1, 0.15) is 47.7 Å². The molecule has 1 aromatic carbocycles. The smallest absolute Gasteiger partial charge is 0.156 e. The molecule has 0 aliphatic heterocycles. The summed E-state index contributed by atoms with van der Waals surface area (Å²) in [5.74, 6) is 0.469. The maximum Gasteiger partial charge on any atom is 0.156 e. The Morgan fingerprint density at radius 2 is 2.05 bits per heavy atom. The molecule has 0 fully saturated rings. The normalized spacial score (nSPS) is 10.8. The van der Waals surface area contributed by atoms with Gasteiger partial charge in [-0.25, -0.2) is 4.68 Å². The van der Waals surface area contributed by atoms with Crippen LogP contribution in [0.2, 0.25) is 0 Å². The fourth-order valence-electron chi connectivity index (χ4n) is 2.48. The first-order chi connectivity index (χ1) is 10.1. The number of hydrogen-bond donors (Lipinski definition) is 1. The summed E-state index contributed by atoms with van der Waals surface area (Å²) in [5, 5.41) is 4.58. The third kappa shape index (κ3) is 3.15. The predicted octanol–water partition coefficient (Wildman–Crippen LogP) is 3.75. The lowest BCUT2D eigenvalue weighted by molar-refractivity contribution is 0.112. The van der Waals surface area contributed by atoms with Crippen LogP contribution in [-0.2, 0) is 6.54 Å². The Morgan fingerprint density at radius 3 is 2.71 bits per heavy atom. The summed E-state index contributed by atoms with van der Waals surface area (Å²) in [4.78, 5) is 11.4. The molecule has 2 N–H and O–H groups in total. The standard InChI is InChI=1S/C17H23N3O/c1-4-5-6-9-20-17(18)15(11-21)16(19-20)14-10-12(2)7-8-13(14)3/h7-8,10-11H,4-6,9,18H2,1-3H3. The molecular weight excluding hydrogens is 262 g/mol. The highest BCUT2D eigenvalue weighted by atomic mass is 16.1. The Balaban J connectivity index is 2.45. The third-order valence-corrected chi connectivity index (χ3v) is 3.77. The molecule has 112 valence electrons. The number of nitrogens with zero attached hydrogens (tertiary/aromatic N) is 2. The molecule has 2 aromatic rings. The Morgan fingerprint density at radius 1 is 1.29 bits per heavy atom. The number of aldehydes is 1. The summed E-state index contributed by atoms with van der Waals surface area (Å²) in [6, 6.07) is 6.16. The van der Waals surface area contributed by atoms with Crippen molar-refractivity contribution in [2.75, 3.05) is 5.73 Å². The van der Waals surface area contributed by atoms with Crippen molar-refractivity contribution < 1.29 is 4.79 Å². The number of nitrogen functional groups attached to an aromatic ring is 1. The SMILES string of the molecule is CCCCCn1nc(-c2cc(C)ccc2C)c(C=O)c1N. The molecule has 4 heteroatoms. The van der Waals surface area contributed by atoms with Crippen LogP contribution in [0.3, 0.4) is 0 Å². The van der Waals surface area contributed by atoms with Gasteiger partial charge in [-0.15, -0.1) is 0 Å². The van der Waals surface area contributed by atoms with E-state index in [2.05, 4.69) is 24.2 Å². The van der Waals surface area contributed by atoms with Gasteiger partial charge in [-0.1, -0.05) is 37.5 Å². The number of hydrogen-bond acceptors (Lipinski definition) is 3. The molecule has 1 aromatic heterocycles. The molecule has 0 saturated carbocycles.